The first-order valence-electron chi connectivity index (χ1n) is 9.40. The zero-order chi connectivity index (χ0) is 23.3. The molecule has 1 atom stereocenters. The Hall–Kier alpha value is -3.40. The molecule has 0 aromatic heterocycles. The molecule has 0 saturated heterocycles. The van der Waals surface area contributed by atoms with Crippen LogP contribution in [0.15, 0.2) is 59.2 Å². The molecule has 0 N–H and O–H groups in total. The Labute approximate surface area is 187 Å². The van der Waals surface area contributed by atoms with Gasteiger partial charge in [-0.1, -0.05) is 23.9 Å². The van der Waals surface area contributed by atoms with E-state index in [9.17, 15) is 18.4 Å². The number of alkyl halides is 2. The van der Waals surface area contributed by atoms with Crippen LogP contribution in [0, 0.1) is 0 Å². The minimum Gasteiger partial charge on any atom is -0.497 e. The average molecular weight is 462 g/mol. The van der Waals surface area contributed by atoms with E-state index in [1.807, 2.05) is 0 Å². The van der Waals surface area contributed by atoms with E-state index in [-0.39, 0.29) is 16.6 Å². The summed E-state index contributed by atoms with van der Waals surface area (Å²) < 4.78 is 39.1. The SMILES string of the molecule is COC(=O)[C@H](C)SC1=N/C(=C/c2ccc(OC)cc2)C(=O)N1c1ccc(OC(F)F)cc1. The van der Waals surface area contributed by atoms with Gasteiger partial charge in [0.1, 0.15) is 22.4 Å². The predicted molar refractivity (Wildman–Crippen MR) is 118 cm³/mol. The Morgan fingerprint density at radius 1 is 1.06 bits per heavy atom. The molecule has 1 aliphatic heterocycles. The van der Waals surface area contributed by atoms with Crippen LogP contribution < -0.4 is 14.4 Å². The molecule has 0 bridgehead atoms. The van der Waals surface area contributed by atoms with Crippen molar-refractivity contribution >= 4 is 40.6 Å². The van der Waals surface area contributed by atoms with E-state index in [1.54, 1.807) is 44.4 Å². The lowest BCUT2D eigenvalue weighted by Gasteiger charge is -2.19. The molecule has 0 fully saturated rings. The van der Waals surface area contributed by atoms with Gasteiger partial charge in [0, 0.05) is 0 Å². The summed E-state index contributed by atoms with van der Waals surface area (Å²) in [6, 6.07) is 12.6. The number of ether oxygens (including phenoxy) is 3. The fraction of sp³-hybridized carbons (Fsp3) is 0.227. The first kappa shape index (κ1) is 23.3. The standard InChI is InChI=1S/C22H20F2N2O5S/c1-13(20(28)30-3)32-22-25-18(12-14-4-8-16(29-2)9-5-14)19(27)26(22)15-6-10-17(11-7-15)31-21(23)24/h4-13,21H,1-3H3/b18-12+/t13-/m0/s1. The fourth-order valence-corrected chi connectivity index (χ4v) is 3.76. The molecule has 0 saturated carbocycles. The highest BCUT2D eigenvalue weighted by Crippen LogP contribution is 2.32. The number of amidine groups is 1. The van der Waals surface area contributed by atoms with Gasteiger partial charge in [0.25, 0.3) is 5.91 Å². The van der Waals surface area contributed by atoms with Crippen molar-refractivity contribution < 1.29 is 32.6 Å². The summed E-state index contributed by atoms with van der Waals surface area (Å²) in [6.45, 7) is -1.33. The van der Waals surface area contributed by atoms with Gasteiger partial charge >= 0.3 is 12.6 Å². The molecule has 0 spiro atoms. The Kier molecular flexibility index (Phi) is 7.47. The van der Waals surface area contributed by atoms with Gasteiger partial charge in [0.15, 0.2) is 5.17 Å². The third-order valence-electron chi connectivity index (χ3n) is 4.38. The van der Waals surface area contributed by atoms with E-state index < -0.39 is 23.7 Å². The molecule has 3 rings (SSSR count). The molecule has 1 amide bonds. The number of hydrogen-bond acceptors (Lipinski definition) is 7. The number of anilines is 1. The molecule has 0 unspecified atom stereocenters. The van der Waals surface area contributed by atoms with E-state index in [2.05, 4.69) is 9.73 Å². The van der Waals surface area contributed by atoms with Gasteiger partial charge in [-0.3, -0.25) is 14.5 Å². The summed E-state index contributed by atoms with van der Waals surface area (Å²) in [4.78, 5) is 30.8. The van der Waals surface area contributed by atoms with Crippen molar-refractivity contribution in [2.24, 2.45) is 4.99 Å². The van der Waals surface area contributed by atoms with E-state index in [0.717, 1.165) is 17.3 Å². The summed E-state index contributed by atoms with van der Waals surface area (Å²) in [7, 11) is 2.83. The van der Waals surface area contributed by atoms with E-state index >= 15 is 0 Å². The lowest BCUT2D eigenvalue weighted by atomic mass is 10.2. The number of benzene rings is 2. The number of rotatable bonds is 7. The Bertz CT molecular complexity index is 1040. The van der Waals surface area contributed by atoms with Gasteiger partial charge in [-0.25, -0.2) is 4.99 Å². The normalized spacial score (nSPS) is 15.7. The molecule has 168 valence electrons. The highest BCUT2D eigenvalue weighted by molar-refractivity contribution is 8.15. The number of amides is 1. The second kappa shape index (κ2) is 10.3. The fourth-order valence-electron chi connectivity index (χ4n) is 2.81. The zero-order valence-corrected chi connectivity index (χ0v) is 18.3. The van der Waals surface area contributed by atoms with Gasteiger partial charge in [0.05, 0.1) is 19.9 Å². The number of nitrogens with zero attached hydrogens (tertiary/aromatic N) is 2. The van der Waals surface area contributed by atoms with Gasteiger partial charge in [0.2, 0.25) is 0 Å². The second-order valence-electron chi connectivity index (χ2n) is 6.49. The van der Waals surface area contributed by atoms with Crippen molar-refractivity contribution in [1.29, 1.82) is 0 Å². The first-order chi connectivity index (χ1) is 15.3. The second-order valence-corrected chi connectivity index (χ2v) is 7.80. The van der Waals surface area contributed by atoms with Crippen LogP contribution in [0.25, 0.3) is 6.08 Å². The number of carbonyl (C=O) groups is 2. The van der Waals surface area contributed by atoms with Crippen LogP contribution in [0.3, 0.4) is 0 Å². The third-order valence-corrected chi connectivity index (χ3v) is 5.41. The van der Waals surface area contributed by atoms with Crippen molar-refractivity contribution in [1.82, 2.24) is 0 Å². The Morgan fingerprint density at radius 2 is 1.69 bits per heavy atom. The van der Waals surface area contributed by atoms with Crippen molar-refractivity contribution in [2.75, 3.05) is 19.1 Å². The predicted octanol–water partition coefficient (Wildman–Crippen LogP) is 4.34. The maximum atomic E-state index is 13.2. The number of carbonyl (C=O) groups excluding carboxylic acids is 2. The quantitative estimate of drug-likeness (QED) is 0.450. The van der Waals surface area contributed by atoms with Crippen LogP contribution in [-0.4, -0.2) is 43.1 Å². The van der Waals surface area contributed by atoms with Crippen molar-refractivity contribution in [2.45, 2.75) is 18.8 Å². The summed E-state index contributed by atoms with van der Waals surface area (Å²) >= 11 is 1.05. The molecule has 0 radical (unpaired) electrons. The summed E-state index contributed by atoms with van der Waals surface area (Å²) in [5.74, 6) is -0.274. The van der Waals surface area contributed by atoms with Crippen LogP contribution in [0.5, 0.6) is 11.5 Å². The highest BCUT2D eigenvalue weighted by Gasteiger charge is 2.34. The molecule has 2 aromatic carbocycles. The lowest BCUT2D eigenvalue weighted by molar-refractivity contribution is -0.139. The zero-order valence-electron chi connectivity index (χ0n) is 17.5. The number of aliphatic imine (C=N–C) groups is 1. The van der Waals surface area contributed by atoms with Gasteiger partial charge in [-0.2, -0.15) is 8.78 Å². The topological polar surface area (TPSA) is 77.4 Å². The molecule has 10 heteroatoms. The number of thioether (sulfide) groups is 1. The minimum atomic E-state index is -2.96. The number of hydrogen-bond donors (Lipinski definition) is 0. The Balaban J connectivity index is 1.94. The van der Waals surface area contributed by atoms with Gasteiger partial charge in [-0.15, -0.1) is 0 Å². The number of methoxy groups -OCH3 is 2. The maximum Gasteiger partial charge on any atom is 0.387 e. The number of halogens is 2. The van der Waals surface area contributed by atoms with Crippen LogP contribution in [0.2, 0.25) is 0 Å². The third kappa shape index (κ3) is 5.44. The highest BCUT2D eigenvalue weighted by atomic mass is 32.2. The van der Waals surface area contributed by atoms with E-state index in [0.29, 0.717) is 11.4 Å². The average Bonchev–Trinajstić information content (AvgIpc) is 3.08. The van der Waals surface area contributed by atoms with Crippen molar-refractivity contribution in [3.05, 3.63) is 59.8 Å². The van der Waals surface area contributed by atoms with Crippen LogP contribution in [0.1, 0.15) is 12.5 Å². The van der Waals surface area contributed by atoms with Crippen molar-refractivity contribution in [3.63, 3.8) is 0 Å². The van der Waals surface area contributed by atoms with Crippen LogP contribution >= 0.6 is 11.8 Å². The summed E-state index contributed by atoms with van der Waals surface area (Å²) in [6.07, 6.45) is 1.61. The van der Waals surface area contributed by atoms with Crippen LogP contribution in [-0.2, 0) is 14.3 Å². The monoisotopic (exact) mass is 462 g/mol. The first-order valence-corrected chi connectivity index (χ1v) is 10.3. The van der Waals surface area contributed by atoms with Crippen molar-refractivity contribution in [3.8, 4) is 11.5 Å². The largest absolute Gasteiger partial charge is 0.497 e. The molecular formula is C22H20F2N2O5S. The summed E-state index contributed by atoms with van der Waals surface area (Å²) in [5.41, 5.74) is 1.27. The summed E-state index contributed by atoms with van der Waals surface area (Å²) in [5, 5.41) is -0.369. The van der Waals surface area contributed by atoms with Crippen LogP contribution in [0.4, 0.5) is 14.5 Å². The minimum absolute atomic E-state index is 0.0431. The molecule has 32 heavy (non-hydrogen) atoms. The molecule has 0 aliphatic carbocycles. The van der Waals surface area contributed by atoms with Gasteiger partial charge in [-0.05, 0) is 55.0 Å². The molecule has 1 heterocycles. The maximum absolute atomic E-state index is 13.2. The smallest absolute Gasteiger partial charge is 0.387 e. The molecule has 7 nitrogen and oxygen atoms in total. The Morgan fingerprint density at radius 3 is 2.25 bits per heavy atom. The van der Waals surface area contributed by atoms with E-state index in [1.165, 1.54) is 36.3 Å². The van der Waals surface area contributed by atoms with Gasteiger partial charge < -0.3 is 14.2 Å². The van der Waals surface area contributed by atoms with E-state index in [4.69, 9.17) is 9.47 Å². The molecular weight excluding hydrogens is 442 g/mol. The lowest BCUT2D eigenvalue weighted by Crippen LogP contribution is -2.32. The molecule has 2 aromatic rings. The number of esters is 1. The molecule has 1 aliphatic rings.